The highest BCUT2D eigenvalue weighted by Gasteiger charge is 2.59. The lowest BCUT2D eigenvalue weighted by Gasteiger charge is -2.19. The van der Waals surface area contributed by atoms with Crippen LogP contribution in [0, 0.1) is 5.92 Å². The van der Waals surface area contributed by atoms with Crippen molar-refractivity contribution in [3.8, 4) is 0 Å². The van der Waals surface area contributed by atoms with Crippen LogP contribution in [0.2, 0.25) is 0 Å². The van der Waals surface area contributed by atoms with Gasteiger partial charge in [0, 0.05) is 19.3 Å². The lowest BCUT2D eigenvalue weighted by Crippen LogP contribution is -2.32. The summed E-state index contributed by atoms with van der Waals surface area (Å²) in [5.74, 6) is 1.80. The molecule has 0 saturated heterocycles. The molecule has 0 unspecified atom stereocenters. The van der Waals surface area contributed by atoms with Gasteiger partial charge >= 0.3 is 0 Å². The number of carbonyl (C=O) groups is 1. The standard InChI is InChI=1S/C24H29N5O/c1-16(2)4-3-11-28-20-6-5-17(13-25)12-19(20)27-22(28)15-29-21-14-26-10-7-18(21)24(8-9-24)23(29)30/h5-7,10,12,14,16H,3-4,8-9,11,13,15,25H2,1-2H3. The first-order valence-electron chi connectivity index (χ1n) is 11.0. The molecule has 2 aromatic heterocycles. The van der Waals surface area contributed by atoms with Gasteiger partial charge in [0.2, 0.25) is 5.91 Å². The fraction of sp³-hybridized carbons (Fsp3) is 0.458. The number of anilines is 1. The number of nitrogens with two attached hydrogens (primary N) is 1. The van der Waals surface area contributed by atoms with Crippen molar-refractivity contribution >= 4 is 22.6 Å². The predicted molar refractivity (Wildman–Crippen MR) is 118 cm³/mol. The van der Waals surface area contributed by atoms with E-state index in [0.29, 0.717) is 19.0 Å². The summed E-state index contributed by atoms with van der Waals surface area (Å²) in [5, 5.41) is 0. The molecule has 1 amide bonds. The van der Waals surface area contributed by atoms with Crippen molar-refractivity contribution in [2.45, 2.75) is 64.6 Å². The smallest absolute Gasteiger partial charge is 0.238 e. The molecule has 2 aliphatic rings. The average Bonchev–Trinajstić information content (AvgIpc) is 3.44. The monoisotopic (exact) mass is 403 g/mol. The fourth-order valence-corrected chi connectivity index (χ4v) is 4.78. The number of rotatable bonds is 7. The Kier molecular flexibility index (Phi) is 4.62. The zero-order chi connectivity index (χ0) is 20.9. The molecule has 2 N–H and O–H groups in total. The van der Waals surface area contributed by atoms with Crippen LogP contribution in [0.5, 0.6) is 0 Å². The third-order valence-corrected chi connectivity index (χ3v) is 6.60. The van der Waals surface area contributed by atoms with Crippen molar-refractivity contribution in [1.82, 2.24) is 14.5 Å². The van der Waals surface area contributed by atoms with E-state index in [1.807, 2.05) is 17.2 Å². The second kappa shape index (κ2) is 7.20. The highest BCUT2D eigenvalue weighted by atomic mass is 16.2. The van der Waals surface area contributed by atoms with Gasteiger partial charge in [-0.2, -0.15) is 0 Å². The third-order valence-electron chi connectivity index (χ3n) is 6.60. The van der Waals surface area contributed by atoms with Gasteiger partial charge in [0.15, 0.2) is 0 Å². The zero-order valence-corrected chi connectivity index (χ0v) is 17.8. The molecule has 6 heteroatoms. The minimum Gasteiger partial charge on any atom is -0.326 e. The van der Waals surface area contributed by atoms with Gasteiger partial charge in [0.05, 0.1) is 34.9 Å². The van der Waals surface area contributed by atoms with Crippen LogP contribution in [-0.4, -0.2) is 20.4 Å². The van der Waals surface area contributed by atoms with Crippen LogP contribution in [0.15, 0.2) is 36.7 Å². The summed E-state index contributed by atoms with van der Waals surface area (Å²) < 4.78 is 2.29. The fourth-order valence-electron chi connectivity index (χ4n) is 4.78. The van der Waals surface area contributed by atoms with Gasteiger partial charge in [-0.25, -0.2) is 4.98 Å². The lowest BCUT2D eigenvalue weighted by atomic mass is 9.99. The maximum Gasteiger partial charge on any atom is 0.238 e. The summed E-state index contributed by atoms with van der Waals surface area (Å²) >= 11 is 0. The number of pyridine rings is 1. The average molecular weight is 404 g/mol. The van der Waals surface area contributed by atoms with Gasteiger partial charge in [0.25, 0.3) is 0 Å². The zero-order valence-electron chi connectivity index (χ0n) is 17.8. The van der Waals surface area contributed by atoms with E-state index >= 15 is 0 Å². The van der Waals surface area contributed by atoms with Gasteiger partial charge in [-0.3, -0.25) is 9.78 Å². The second-order valence-corrected chi connectivity index (χ2v) is 9.11. The molecule has 1 fully saturated rings. The Labute approximate surface area is 177 Å². The molecule has 1 aliphatic heterocycles. The molecular formula is C24H29N5O. The molecule has 6 nitrogen and oxygen atoms in total. The van der Waals surface area contributed by atoms with E-state index in [1.54, 1.807) is 6.20 Å². The largest absolute Gasteiger partial charge is 0.326 e. The lowest BCUT2D eigenvalue weighted by molar-refractivity contribution is -0.120. The topological polar surface area (TPSA) is 77.0 Å². The highest BCUT2D eigenvalue weighted by molar-refractivity contribution is 6.09. The van der Waals surface area contributed by atoms with E-state index in [2.05, 4.69) is 41.6 Å². The van der Waals surface area contributed by atoms with E-state index in [4.69, 9.17) is 10.7 Å². The van der Waals surface area contributed by atoms with Crippen molar-refractivity contribution in [2.24, 2.45) is 11.7 Å². The molecule has 1 aromatic carbocycles. The number of carbonyl (C=O) groups excluding carboxylic acids is 1. The molecule has 156 valence electrons. The van der Waals surface area contributed by atoms with Gasteiger partial charge in [-0.05, 0) is 60.9 Å². The maximum atomic E-state index is 13.3. The van der Waals surface area contributed by atoms with E-state index in [0.717, 1.165) is 59.5 Å². The minimum absolute atomic E-state index is 0.203. The Balaban J connectivity index is 1.52. The Morgan fingerprint density at radius 3 is 2.80 bits per heavy atom. The van der Waals surface area contributed by atoms with Gasteiger partial charge < -0.3 is 15.2 Å². The van der Waals surface area contributed by atoms with Crippen LogP contribution in [0.1, 0.15) is 56.5 Å². The van der Waals surface area contributed by atoms with Crippen LogP contribution in [-0.2, 0) is 29.8 Å². The Hall–Kier alpha value is -2.73. The maximum absolute atomic E-state index is 13.3. The van der Waals surface area contributed by atoms with Gasteiger partial charge in [-0.15, -0.1) is 0 Å². The first-order chi connectivity index (χ1) is 14.5. The Bertz CT molecular complexity index is 1110. The van der Waals surface area contributed by atoms with Crippen molar-refractivity contribution in [2.75, 3.05) is 4.90 Å². The quantitative estimate of drug-likeness (QED) is 0.649. The molecular weight excluding hydrogens is 374 g/mol. The number of nitrogens with zero attached hydrogens (tertiary/aromatic N) is 4. The molecule has 3 heterocycles. The summed E-state index contributed by atoms with van der Waals surface area (Å²) in [7, 11) is 0. The first kappa shape index (κ1) is 19.2. The van der Waals surface area contributed by atoms with Crippen molar-refractivity contribution in [1.29, 1.82) is 0 Å². The molecule has 30 heavy (non-hydrogen) atoms. The molecule has 5 rings (SSSR count). The molecule has 0 radical (unpaired) electrons. The van der Waals surface area contributed by atoms with Crippen LogP contribution in [0.3, 0.4) is 0 Å². The van der Waals surface area contributed by atoms with E-state index in [-0.39, 0.29) is 11.3 Å². The summed E-state index contributed by atoms with van der Waals surface area (Å²) in [6.07, 6.45) is 7.75. The van der Waals surface area contributed by atoms with Crippen LogP contribution >= 0.6 is 0 Å². The number of aryl methyl sites for hydroxylation is 1. The SMILES string of the molecule is CC(C)CCCn1c(CN2C(=O)C3(CC3)c3ccncc32)nc2cc(CN)ccc21. The number of hydrogen-bond acceptors (Lipinski definition) is 4. The number of amides is 1. The number of aromatic nitrogens is 3. The minimum atomic E-state index is -0.306. The third kappa shape index (κ3) is 3.01. The first-order valence-corrected chi connectivity index (χ1v) is 11.0. The molecule has 1 aliphatic carbocycles. The number of imidazole rings is 1. The Morgan fingerprint density at radius 1 is 1.23 bits per heavy atom. The summed E-state index contributed by atoms with van der Waals surface area (Å²) in [5.41, 5.74) is 10.8. The van der Waals surface area contributed by atoms with Crippen molar-refractivity contribution < 1.29 is 4.79 Å². The highest BCUT2D eigenvalue weighted by Crippen LogP contribution is 2.57. The molecule has 1 spiro atoms. The van der Waals surface area contributed by atoms with Crippen molar-refractivity contribution in [3.05, 3.63) is 53.6 Å². The predicted octanol–water partition coefficient (Wildman–Crippen LogP) is 3.90. The van der Waals surface area contributed by atoms with E-state index in [1.165, 1.54) is 6.42 Å². The second-order valence-electron chi connectivity index (χ2n) is 9.11. The summed E-state index contributed by atoms with van der Waals surface area (Å²) in [6, 6.07) is 8.28. The van der Waals surface area contributed by atoms with Gasteiger partial charge in [0.1, 0.15) is 5.82 Å². The van der Waals surface area contributed by atoms with E-state index in [9.17, 15) is 4.79 Å². The van der Waals surface area contributed by atoms with Gasteiger partial charge in [-0.1, -0.05) is 19.9 Å². The number of benzene rings is 1. The van der Waals surface area contributed by atoms with Crippen LogP contribution in [0.4, 0.5) is 5.69 Å². The normalized spacial score (nSPS) is 16.8. The Morgan fingerprint density at radius 2 is 2.07 bits per heavy atom. The number of hydrogen-bond donors (Lipinski definition) is 1. The van der Waals surface area contributed by atoms with Crippen LogP contribution < -0.4 is 10.6 Å². The molecule has 1 saturated carbocycles. The summed E-state index contributed by atoms with van der Waals surface area (Å²) in [6.45, 7) is 6.38. The molecule has 0 bridgehead atoms. The van der Waals surface area contributed by atoms with Crippen LogP contribution in [0.25, 0.3) is 11.0 Å². The molecule has 0 atom stereocenters. The molecule has 3 aromatic rings. The summed E-state index contributed by atoms with van der Waals surface area (Å²) in [4.78, 5) is 24.5. The number of fused-ring (bicyclic) bond motifs is 3. The van der Waals surface area contributed by atoms with Crippen molar-refractivity contribution in [3.63, 3.8) is 0 Å². The van der Waals surface area contributed by atoms with E-state index < -0.39 is 0 Å².